The Morgan fingerprint density at radius 2 is 2.23 bits per heavy atom. The van der Waals surface area contributed by atoms with Gasteiger partial charge in [-0.3, -0.25) is 0 Å². The van der Waals surface area contributed by atoms with Crippen LogP contribution in [0.5, 0.6) is 0 Å². The first-order valence-corrected chi connectivity index (χ1v) is 9.16. The monoisotopic (exact) mass is 331 g/mol. The minimum atomic E-state index is -3.41. The van der Waals surface area contributed by atoms with Gasteiger partial charge in [0.2, 0.25) is 15.9 Å². The number of rotatable bonds is 5. The minimum Gasteiger partial charge on any atom is -0.378 e. The zero-order valence-corrected chi connectivity index (χ0v) is 13.4. The number of hydrogen-bond acceptors (Lipinski definition) is 7. The van der Waals surface area contributed by atoms with E-state index in [9.17, 15) is 8.42 Å². The summed E-state index contributed by atoms with van der Waals surface area (Å²) in [5, 5.41) is 3.73. The molecule has 0 amide bonds. The molecule has 2 aliphatic rings. The fraction of sp³-hybridized carbons (Fsp3) is 0.846. The molecule has 2 atom stereocenters. The van der Waals surface area contributed by atoms with E-state index >= 15 is 0 Å². The maximum atomic E-state index is 12.7. The summed E-state index contributed by atoms with van der Waals surface area (Å²) in [4.78, 5) is 4.15. The molecule has 1 aromatic heterocycles. The molecule has 124 valence electrons. The van der Waals surface area contributed by atoms with Crippen LogP contribution in [0.3, 0.4) is 0 Å². The summed E-state index contributed by atoms with van der Waals surface area (Å²) < 4.78 is 42.8. The predicted molar refractivity (Wildman–Crippen MR) is 76.7 cm³/mol. The van der Waals surface area contributed by atoms with Gasteiger partial charge >= 0.3 is 0 Å². The molecule has 3 heterocycles. The highest BCUT2D eigenvalue weighted by atomic mass is 32.2. The average molecular weight is 331 g/mol. The van der Waals surface area contributed by atoms with Crippen LogP contribution in [0.15, 0.2) is 4.52 Å². The highest BCUT2D eigenvalue weighted by Gasteiger charge is 2.37. The normalized spacial score (nSPS) is 27.3. The zero-order chi connectivity index (χ0) is 15.6. The molecule has 3 rings (SSSR count). The second-order valence-electron chi connectivity index (χ2n) is 5.62. The Morgan fingerprint density at radius 1 is 1.36 bits per heavy atom. The maximum Gasteiger partial charge on any atom is 0.247 e. The number of aryl methyl sites for hydroxylation is 1. The molecule has 0 saturated carbocycles. The Bertz CT molecular complexity index is 597. The summed E-state index contributed by atoms with van der Waals surface area (Å²) in [7, 11) is -3.41. The minimum absolute atomic E-state index is 0.0555. The average Bonchev–Trinajstić information content (AvgIpc) is 3.17. The standard InChI is InChI=1S/C13H21N3O5S/c1-10-14-13(21-15-10)12-9-19-7-5-16(12)22(17,18)8-4-11-3-2-6-20-11/h11-12H,2-9H2,1H3. The molecular formula is C13H21N3O5S. The molecule has 2 fully saturated rings. The molecule has 0 bridgehead atoms. The second kappa shape index (κ2) is 6.61. The number of nitrogens with zero attached hydrogens (tertiary/aromatic N) is 3. The topological polar surface area (TPSA) is 94.8 Å². The van der Waals surface area contributed by atoms with Crippen molar-refractivity contribution in [3.05, 3.63) is 11.7 Å². The molecule has 1 aromatic rings. The fourth-order valence-electron chi connectivity index (χ4n) is 2.83. The van der Waals surface area contributed by atoms with E-state index in [1.54, 1.807) is 6.92 Å². The first kappa shape index (κ1) is 15.9. The predicted octanol–water partition coefficient (Wildman–Crippen LogP) is 0.650. The zero-order valence-electron chi connectivity index (χ0n) is 12.6. The summed E-state index contributed by atoms with van der Waals surface area (Å²) in [6, 6.07) is -0.538. The number of morpholine rings is 1. The van der Waals surface area contributed by atoms with Gasteiger partial charge in [0.1, 0.15) is 6.04 Å². The lowest BCUT2D eigenvalue weighted by atomic mass is 10.2. The van der Waals surface area contributed by atoms with Gasteiger partial charge in [-0.1, -0.05) is 5.16 Å². The summed E-state index contributed by atoms with van der Waals surface area (Å²) in [5.74, 6) is 0.844. The van der Waals surface area contributed by atoms with Gasteiger partial charge in [-0.2, -0.15) is 9.29 Å². The van der Waals surface area contributed by atoms with Crippen molar-refractivity contribution < 1.29 is 22.4 Å². The smallest absolute Gasteiger partial charge is 0.247 e. The van der Waals surface area contributed by atoms with Crippen molar-refractivity contribution in [3.63, 3.8) is 0 Å². The Hall–Kier alpha value is -1.03. The Balaban J connectivity index is 1.71. The molecule has 0 radical (unpaired) electrons. The van der Waals surface area contributed by atoms with E-state index in [0.717, 1.165) is 19.4 Å². The van der Waals surface area contributed by atoms with Crippen molar-refractivity contribution in [3.8, 4) is 0 Å². The first-order chi connectivity index (χ1) is 10.6. The third-order valence-corrected chi connectivity index (χ3v) is 5.89. The lowest BCUT2D eigenvalue weighted by Crippen LogP contribution is -2.44. The quantitative estimate of drug-likeness (QED) is 0.781. The third-order valence-electron chi connectivity index (χ3n) is 3.99. The Morgan fingerprint density at radius 3 is 2.91 bits per heavy atom. The van der Waals surface area contributed by atoms with Gasteiger partial charge in [0.05, 0.1) is 25.1 Å². The van der Waals surface area contributed by atoms with Crippen molar-refractivity contribution in [2.45, 2.75) is 38.3 Å². The van der Waals surface area contributed by atoms with E-state index in [1.165, 1.54) is 4.31 Å². The van der Waals surface area contributed by atoms with Crippen molar-refractivity contribution in [1.29, 1.82) is 0 Å². The van der Waals surface area contributed by atoms with Crippen LogP contribution in [0.25, 0.3) is 0 Å². The molecule has 2 unspecified atom stereocenters. The van der Waals surface area contributed by atoms with Crippen molar-refractivity contribution in [2.75, 3.05) is 32.1 Å². The van der Waals surface area contributed by atoms with E-state index in [0.29, 0.717) is 25.4 Å². The van der Waals surface area contributed by atoms with Gasteiger partial charge in [-0.25, -0.2) is 8.42 Å². The van der Waals surface area contributed by atoms with Gasteiger partial charge in [-0.05, 0) is 26.2 Å². The number of sulfonamides is 1. The molecular weight excluding hydrogens is 310 g/mol. The van der Waals surface area contributed by atoms with E-state index in [1.807, 2.05) is 0 Å². The van der Waals surface area contributed by atoms with Gasteiger partial charge in [-0.15, -0.1) is 0 Å². The summed E-state index contributed by atoms with van der Waals surface area (Å²) >= 11 is 0. The van der Waals surface area contributed by atoms with Crippen LogP contribution in [0.4, 0.5) is 0 Å². The summed E-state index contributed by atoms with van der Waals surface area (Å²) in [5.41, 5.74) is 0. The molecule has 2 aliphatic heterocycles. The summed E-state index contributed by atoms with van der Waals surface area (Å²) in [6.45, 7) is 3.35. The molecule has 8 nitrogen and oxygen atoms in total. The maximum absolute atomic E-state index is 12.7. The number of ether oxygens (including phenoxy) is 2. The lowest BCUT2D eigenvalue weighted by molar-refractivity contribution is 0.0201. The van der Waals surface area contributed by atoms with Gasteiger partial charge in [0, 0.05) is 13.2 Å². The van der Waals surface area contributed by atoms with Crippen LogP contribution in [0.1, 0.15) is 37.0 Å². The molecule has 2 saturated heterocycles. The fourth-order valence-corrected chi connectivity index (χ4v) is 4.52. The van der Waals surface area contributed by atoms with Crippen LogP contribution in [-0.2, 0) is 19.5 Å². The van der Waals surface area contributed by atoms with Crippen molar-refractivity contribution >= 4 is 10.0 Å². The van der Waals surface area contributed by atoms with Crippen LogP contribution in [0.2, 0.25) is 0 Å². The highest BCUT2D eigenvalue weighted by molar-refractivity contribution is 7.89. The molecule has 9 heteroatoms. The Labute approximate surface area is 129 Å². The second-order valence-corrected chi connectivity index (χ2v) is 7.66. The summed E-state index contributed by atoms with van der Waals surface area (Å²) in [6.07, 6.45) is 2.52. The molecule has 22 heavy (non-hydrogen) atoms. The molecule has 0 spiro atoms. The van der Waals surface area contributed by atoms with Gasteiger partial charge in [0.25, 0.3) is 0 Å². The van der Waals surface area contributed by atoms with Crippen LogP contribution >= 0.6 is 0 Å². The van der Waals surface area contributed by atoms with Crippen molar-refractivity contribution in [1.82, 2.24) is 14.4 Å². The van der Waals surface area contributed by atoms with Gasteiger partial charge in [0.15, 0.2) is 5.82 Å². The van der Waals surface area contributed by atoms with E-state index in [2.05, 4.69) is 10.1 Å². The Kier molecular flexibility index (Phi) is 4.76. The van der Waals surface area contributed by atoms with E-state index in [4.69, 9.17) is 14.0 Å². The third kappa shape index (κ3) is 3.48. The van der Waals surface area contributed by atoms with Crippen LogP contribution < -0.4 is 0 Å². The highest BCUT2D eigenvalue weighted by Crippen LogP contribution is 2.27. The van der Waals surface area contributed by atoms with Gasteiger partial charge < -0.3 is 14.0 Å². The molecule has 0 aliphatic carbocycles. The largest absolute Gasteiger partial charge is 0.378 e. The number of hydrogen-bond donors (Lipinski definition) is 0. The number of aromatic nitrogens is 2. The van der Waals surface area contributed by atoms with E-state index in [-0.39, 0.29) is 24.4 Å². The molecule has 0 aromatic carbocycles. The van der Waals surface area contributed by atoms with Crippen LogP contribution in [0, 0.1) is 6.92 Å². The first-order valence-electron chi connectivity index (χ1n) is 7.55. The van der Waals surface area contributed by atoms with E-state index < -0.39 is 16.1 Å². The van der Waals surface area contributed by atoms with Crippen LogP contribution in [-0.4, -0.2) is 61.1 Å². The SMILES string of the molecule is Cc1noc(C2COCCN2S(=O)(=O)CCC2CCCO2)n1. The lowest BCUT2D eigenvalue weighted by Gasteiger charge is -2.32. The molecule has 0 N–H and O–H groups in total. The van der Waals surface area contributed by atoms with Crippen molar-refractivity contribution in [2.24, 2.45) is 0 Å².